The molecule has 5 nitrogen and oxygen atoms in total. The molecule has 2 rings (SSSR count). The SMILES string of the molecule is CN(C)c1ccc(-c2cn(CCN)nn2)cc1. The van der Waals surface area contributed by atoms with E-state index < -0.39 is 0 Å². The number of hydrogen-bond acceptors (Lipinski definition) is 4. The third kappa shape index (κ3) is 2.62. The lowest BCUT2D eigenvalue weighted by Crippen LogP contribution is -2.10. The van der Waals surface area contributed by atoms with Gasteiger partial charge in [0.15, 0.2) is 0 Å². The van der Waals surface area contributed by atoms with Crippen LogP contribution >= 0.6 is 0 Å². The van der Waals surface area contributed by atoms with Crippen molar-refractivity contribution in [2.45, 2.75) is 6.54 Å². The van der Waals surface area contributed by atoms with Gasteiger partial charge >= 0.3 is 0 Å². The number of nitrogens with zero attached hydrogens (tertiary/aromatic N) is 4. The van der Waals surface area contributed by atoms with Gasteiger partial charge in [0.2, 0.25) is 0 Å². The highest BCUT2D eigenvalue weighted by atomic mass is 15.4. The van der Waals surface area contributed by atoms with Crippen LogP contribution in [0.3, 0.4) is 0 Å². The van der Waals surface area contributed by atoms with E-state index in [1.165, 1.54) is 5.69 Å². The van der Waals surface area contributed by atoms with Gasteiger partial charge < -0.3 is 10.6 Å². The first kappa shape index (κ1) is 11.6. The molecule has 2 aromatic rings. The number of anilines is 1. The first-order valence-corrected chi connectivity index (χ1v) is 5.58. The molecule has 0 saturated carbocycles. The van der Waals surface area contributed by atoms with Crippen molar-refractivity contribution in [3.05, 3.63) is 30.5 Å². The van der Waals surface area contributed by atoms with E-state index >= 15 is 0 Å². The predicted octanol–water partition coefficient (Wildman–Crippen LogP) is 0.970. The molecule has 0 saturated heterocycles. The Balaban J connectivity index is 2.21. The highest BCUT2D eigenvalue weighted by molar-refractivity contribution is 5.61. The Labute approximate surface area is 101 Å². The van der Waals surface area contributed by atoms with Crippen molar-refractivity contribution >= 4 is 5.69 Å². The van der Waals surface area contributed by atoms with Gasteiger partial charge in [0.05, 0.1) is 12.7 Å². The van der Waals surface area contributed by atoms with Crippen LogP contribution in [0.25, 0.3) is 11.3 Å². The minimum absolute atomic E-state index is 0.572. The van der Waals surface area contributed by atoms with Crippen LogP contribution in [0.5, 0.6) is 0 Å². The topological polar surface area (TPSA) is 60.0 Å². The van der Waals surface area contributed by atoms with Crippen LogP contribution in [0.2, 0.25) is 0 Å². The lowest BCUT2D eigenvalue weighted by Gasteiger charge is -2.11. The summed E-state index contributed by atoms with van der Waals surface area (Å²) in [6, 6.07) is 8.23. The summed E-state index contributed by atoms with van der Waals surface area (Å²) in [6.07, 6.45) is 1.91. The molecule has 5 heteroatoms. The van der Waals surface area contributed by atoms with Crippen molar-refractivity contribution in [3.8, 4) is 11.3 Å². The van der Waals surface area contributed by atoms with Crippen molar-refractivity contribution in [1.29, 1.82) is 0 Å². The van der Waals surface area contributed by atoms with Gasteiger partial charge in [0, 0.05) is 31.9 Å². The molecule has 0 radical (unpaired) electrons. The zero-order valence-corrected chi connectivity index (χ0v) is 10.2. The lowest BCUT2D eigenvalue weighted by atomic mass is 10.1. The molecular weight excluding hydrogens is 214 g/mol. The maximum atomic E-state index is 5.47. The van der Waals surface area contributed by atoms with Gasteiger partial charge in [-0.25, -0.2) is 0 Å². The van der Waals surface area contributed by atoms with Crippen LogP contribution in [-0.4, -0.2) is 35.6 Å². The fourth-order valence-corrected chi connectivity index (χ4v) is 1.60. The molecule has 2 N–H and O–H groups in total. The summed E-state index contributed by atoms with van der Waals surface area (Å²) in [7, 11) is 4.04. The highest BCUT2D eigenvalue weighted by Crippen LogP contribution is 2.19. The quantitative estimate of drug-likeness (QED) is 0.851. The molecule has 0 atom stereocenters. The molecule has 0 fully saturated rings. The Kier molecular flexibility index (Phi) is 3.39. The molecule has 90 valence electrons. The van der Waals surface area contributed by atoms with Crippen LogP contribution < -0.4 is 10.6 Å². The maximum Gasteiger partial charge on any atom is 0.113 e. The fraction of sp³-hybridized carbons (Fsp3) is 0.333. The molecule has 0 aliphatic heterocycles. The number of benzene rings is 1. The molecule has 0 aliphatic carbocycles. The molecule has 1 aromatic carbocycles. The van der Waals surface area contributed by atoms with Crippen LogP contribution in [0, 0.1) is 0 Å². The Morgan fingerprint density at radius 3 is 2.53 bits per heavy atom. The van der Waals surface area contributed by atoms with Gasteiger partial charge in [0.1, 0.15) is 5.69 Å². The first-order chi connectivity index (χ1) is 8.20. The number of hydrogen-bond donors (Lipinski definition) is 1. The second-order valence-corrected chi connectivity index (χ2v) is 4.10. The van der Waals surface area contributed by atoms with E-state index in [1.807, 2.05) is 32.4 Å². The van der Waals surface area contributed by atoms with Crippen molar-refractivity contribution in [1.82, 2.24) is 15.0 Å². The predicted molar refractivity (Wildman–Crippen MR) is 68.8 cm³/mol. The summed E-state index contributed by atoms with van der Waals surface area (Å²) in [5, 5.41) is 8.14. The highest BCUT2D eigenvalue weighted by Gasteiger charge is 2.03. The molecule has 1 heterocycles. The monoisotopic (exact) mass is 231 g/mol. The van der Waals surface area contributed by atoms with Gasteiger partial charge in [-0.2, -0.15) is 0 Å². The van der Waals surface area contributed by atoms with Crippen molar-refractivity contribution < 1.29 is 0 Å². The maximum absolute atomic E-state index is 5.47. The van der Waals surface area contributed by atoms with E-state index in [0.717, 1.165) is 11.3 Å². The lowest BCUT2D eigenvalue weighted by molar-refractivity contribution is 0.598. The van der Waals surface area contributed by atoms with E-state index in [9.17, 15) is 0 Å². The van der Waals surface area contributed by atoms with Crippen molar-refractivity contribution in [3.63, 3.8) is 0 Å². The van der Waals surface area contributed by atoms with Crippen molar-refractivity contribution in [2.75, 3.05) is 25.5 Å². The minimum Gasteiger partial charge on any atom is -0.378 e. The van der Waals surface area contributed by atoms with E-state index in [1.54, 1.807) is 4.68 Å². The average molecular weight is 231 g/mol. The first-order valence-electron chi connectivity index (χ1n) is 5.58. The third-order valence-electron chi connectivity index (χ3n) is 2.58. The van der Waals surface area contributed by atoms with E-state index in [4.69, 9.17) is 5.73 Å². The van der Waals surface area contributed by atoms with Gasteiger partial charge in [-0.15, -0.1) is 5.10 Å². The van der Waals surface area contributed by atoms with Crippen LogP contribution in [0.1, 0.15) is 0 Å². The Hall–Kier alpha value is -1.88. The zero-order chi connectivity index (χ0) is 12.3. The zero-order valence-electron chi connectivity index (χ0n) is 10.2. The Morgan fingerprint density at radius 2 is 1.94 bits per heavy atom. The smallest absolute Gasteiger partial charge is 0.113 e. The molecule has 0 aliphatic rings. The van der Waals surface area contributed by atoms with Gasteiger partial charge in [-0.1, -0.05) is 17.3 Å². The van der Waals surface area contributed by atoms with Crippen molar-refractivity contribution in [2.24, 2.45) is 5.73 Å². The fourth-order valence-electron chi connectivity index (χ4n) is 1.60. The Bertz CT molecular complexity index is 472. The summed E-state index contributed by atoms with van der Waals surface area (Å²) in [5.74, 6) is 0. The molecule has 0 unspecified atom stereocenters. The normalized spacial score (nSPS) is 10.5. The number of rotatable bonds is 4. The van der Waals surface area contributed by atoms with E-state index in [2.05, 4.69) is 27.3 Å². The Morgan fingerprint density at radius 1 is 1.24 bits per heavy atom. The van der Waals surface area contributed by atoms with Crippen LogP contribution in [0.4, 0.5) is 5.69 Å². The average Bonchev–Trinajstić information content (AvgIpc) is 2.78. The molecule has 1 aromatic heterocycles. The summed E-state index contributed by atoms with van der Waals surface area (Å²) in [6.45, 7) is 1.27. The molecular formula is C12H17N5. The number of aromatic nitrogens is 3. The molecule has 0 amide bonds. The summed E-state index contributed by atoms with van der Waals surface area (Å²) >= 11 is 0. The van der Waals surface area contributed by atoms with Crippen LogP contribution in [-0.2, 0) is 6.54 Å². The van der Waals surface area contributed by atoms with Gasteiger partial charge in [0.25, 0.3) is 0 Å². The standard InChI is InChI=1S/C12H17N5/c1-16(2)11-5-3-10(4-6-11)12-9-17(8-7-13)15-14-12/h3-6,9H,7-8,13H2,1-2H3. The van der Waals surface area contributed by atoms with E-state index in [-0.39, 0.29) is 0 Å². The largest absolute Gasteiger partial charge is 0.378 e. The van der Waals surface area contributed by atoms with E-state index in [0.29, 0.717) is 13.1 Å². The third-order valence-corrected chi connectivity index (χ3v) is 2.58. The number of nitrogens with two attached hydrogens (primary N) is 1. The second kappa shape index (κ2) is 4.97. The summed E-state index contributed by atoms with van der Waals surface area (Å²) in [4.78, 5) is 2.06. The summed E-state index contributed by atoms with van der Waals surface area (Å²) < 4.78 is 1.76. The molecule has 17 heavy (non-hydrogen) atoms. The second-order valence-electron chi connectivity index (χ2n) is 4.10. The minimum atomic E-state index is 0.572. The molecule has 0 bridgehead atoms. The molecule has 0 spiro atoms. The van der Waals surface area contributed by atoms with Gasteiger partial charge in [-0.3, -0.25) is 4.68 Å². The van der Waals surface area contributed by atoms with Crippen LogP contribution in [0.15, 0.2) is 30.5 Å². The van der Waals surface area contributed by atoms with Gasteiger partial charge in [-0.05, 0) is 12.1 Å². The summed E-state index contributed by atoms with van der Waals surface area (Å²) in [5.41, 5.74) is 8.58.